The summed E-state index contributed by atoms with van der Waals surface area (Å²) >= 11 is 3.36. The van der Waals surface area contributed by atoms with E-state index in [1.165, 1.54) is 9.75 Å². The van der Waals surface area contributed by atoms with Crippen molar-refractivity contribution >= 4 is 28.7 Å². The van der Waals surface area contributed by atoms with Gasteiger partial charge in [0.2, 0.25) is 0 Å². The summed E-state index contributed by atoms with van der Waals surface area (Å²) in [5, 5.41) is 4.11. The molecule has 2 saturated heterocycles. The van der Waals surface area contributed by atoms with Crippen molar-refractivity contribution in [1.29, 1.82) is 0 Å². The Bertz CT molecular complexity index is 687. The Balaban J connectivity index is 1.48. The Morgan fingerprint density at radius 2 is 1.38 bits per heavy atom. The first-order chi connectivity index (χ1) is 12.5. The largest absolute Gasteiger partial charge is 0.366 e. The summed E-state index contributed by atoms with van der Waals surface area (Å²) in [4.78, 5) is 19.4. The van der Waals surface area contributed by atoms with Crippen molar-refractivity contribution in [1.82, 2.24) is 9.80 Å². The third-order valence-corrected chi connectivity index (χ3v) is 7.40. The number of thiophene rings is 2. The summed E-state index contributed by atoms with van der Waals surface area (Å²) in [5.41, 5.74) is -0.850. The molecule has 0 spiro atoms. The topological polar surface area (TPSA) is 42.0 Å². The molecule has 4 heterocycles. The van der Waals surface area contributed by atoms with Gasteiger partial charge in [-0.3, -0.25) is 0 Å². The summed E-state index contributed by atoms with van der Waals surface area (Å²) in [6, 6.07) is 8.32. The van der Waals surface area contributed by atoms with E-state index in [0.717, 1.165) is 0 Å². The van der Waals surface area contributed by atoms with Crippen molar-refractivity contribution in [3.63, 3.8) is 0 Å². The highest BCUT2D eigenvalue weighted by Crippen LogP contribution is 2.35. The molecule has 2 unspecified atom stereocenters. The zero-order chi connectivity index (χ0) is 18.2. The summed E-state index contributed by atoms with van der Waals surface area (Å²) in [6.07, 6.45) is 0. The van der Waals surface area contributed by atoms with Gasteiger partial charge in [0.15, 0.2) is 0 Å². The lowest BCUT2D eigenvalue weighted by Gasteiger charge is -2.45. The van der Waals surface area contributed by atoms with Crippen LogP contribution in [-0.4, -0.2) is 55.2 Å². The molecule has 2 atom stereocenters. The third kappa shape index (κ3) is 3.29. The minimum atomic E-state index is -0.425. The van der Waals surface area contributed by atoms with Gasteiger partial charge >= 0.3 is 6.03 Å². The molecule has 2 aliphatic rings. The van der Waals surface area contributed by atoms with Crippen molar-refractivity contribution in [2.45, 2.75) is 25.0 Å². The van der Waals surface area contributed by atoms with Crippen LogP contribution < -0.4 is 0 Å². The molecule has 0 N–H and O–H groups in total. The van der Waals surface area contributed by atoms with Crippen molar-refractivity contribution in [3.05, 3.63) is 44.8 Å². The number of rotatable bonds is 2. The Kier molecular flexibility index (Phi) is 4.81. The maximum Gasteiger partial charge on any atom is 0.320 e. The van der Waals surface area contributed by atoms with Crippen LogP contribution in [0.15, 0.2) is 35.0 Å². The van der Waals surface area contributed by atoms with Crippen LogP contribution in [0.5, 0.6) is 0 Å². The van der Waals surface area contributed by atoms with E-state index in [-0.39, 0.29) is 6.03 Å². The maximum atomic E-state index is 13.2. The first kappa shape index (κ1) is 18.0. The molecule has 2 fully saturated rings. The Morgan fingerprint density at radius 3 is 1.77 bits per heavy atom. The lowest BCUT2D eigenvalue weighted by molar-refractivity contribution is -0.108. The van der Waals surface area contributed by atoms with E-state index in [9.17, 15) is 4.79 Å². The van der Waals surface area contributed by atoms with Crippen molar-refractivity contribution in [2.75, 3.05) is 39.4 Å². The highest BCUT2D eigenvalue weighted by molar-refractivity contribution is 7.10. The van der Waals surface area contributed by atoms with E-state index >= 15 is 0 Å². The van der Waals surface area contributed by atoms with Crippen LogP contribution in [0.1, 0.15) is 23.6 Å². The smallest absolute Gasteiger partial charge is 0.320 e. The summed E-state index contributed by atoms with van der Waals surface area (Å²) in [7, 11) is 0. The molecular weight excluding hydrogens is 368 g/mol. The van der Waals surface area contributed by atoms with Crippen LogP contribution in [0.2, 0.25) is 0 Å². The molecule has 2 aromatic rings. The Morgan fingerprint density at radius 1 is 0.923 bits per heavy atom. The van der Waals surface area contributed by atoms with Crippen LogP contribution in [0, 0.1) is 0 Å². The van der Waals surface area contributed by atoms with Crippen LogP contribution in [0.4, 0.5) is 4.79 Å². The second-order valence-electron chi connectivity index (χ2n) is 7.24. The molecule has 2 amide bonds. The summed E-state index contributed by atoms with van der Waals surface area (Å²) in [5.74, 6) is 0. The van der Waals surface area contributed by atoms with Gasteiger partial charge in [0.25, 0.3) is 0 Å². The van der Waals surface area contributed by atoms with E-state index in [1.807, 2.05) is 21.9 Å². The fraction of sp³-hybridized carbons (Fsp3) is 0.526. The Hall–Kier alpha value is -1.41. The van der Waals surface area contributed by atoms with Gasteiger partial charge in [0.05, 0.1) is 26.3 Å². The second-order valence-corrected chi connectivity index (χ2v) is 9.13. The first-order valence-electron chi connectivity index (χ1n) is 8.90. The first-order valence-corrected chi connectivity index (χ1v) is 10.7. The monoisotopic (exact) mass is 392 g/mol. The van der Waals surface area contributed by atoms with E-state index in [2.05, 4.69) is 36.7 Å². The molecule has 7 heteroatoms. The average molecular weight is 393 g/mol. The molecule has 2 aromatic heterocycles. The normalized spacial score (nSPS) is 29.8. The number of hydrogen-bond acceptors (Lipinski definition) is 5. The molecule has 0 aliphatic carbocycles. The van der Waals surface area contributed by atoms with Gasteiger partial charge in [-0.1, -0.05) is 12.1 Å². The molecule has 5 nitrogen and oxygen atoms in total. The average Bonchev–Trinajstić information content (AvgIpc) is 3.35. The minimum Gasteiger partial charge on any atom is -0.366 e. The molecule has 0 bridgehead atoms. The van der Waals surface area contributed by atoms with Gasteiger partial charge in [-0.2, -0.15) is 0 Å². The number of ether oxygens (including phenoxy) is 2. The van der Waals surface area contributed by atoms with E-state index in [4.69, 9.17) is 9.47 Å². The van der Waals surface area contributed by atoms with Crippen LogP contribution in [-0.2, 0) is 20.7 Å². The highest BCUT2D eigenvalue weighted by atomic mass is 32.1. The quantitative estimate of drug-likeness (QED) is 0.782. The summed E-state index contributed by atoms with van der Waals surface area (Å²) < 4.78 is 12.1. The second kappa shape index (κ2) is 6.96. The molecule has 0 saturated carbocycles. The summed E-state index contributed by atoms with van der Waals surface area (Å²) in [6.45, 7) is 7.71. The van der Waals surface area contributed by atoms with E-state index in [1.54, 1.807) is 22.7 Å². The SMILES string of the molecule is CC1(c2cccs2)CN(C(=O)N2CCOC(C)(c3cccs3)C2)CCO1. The van der Waals surface area contributed by atoms with Gasteiger partial charge < -0.3 is 19.3 Å². The van der Waals surface area contributed by atoms with Crippen molar-refractivity contribution in [3.8, 4) is 0 Å². The van der Waals surface area contributed by atoms with Gasteiger partial charge in [0.1, 0.15) is 11.2 Å². The Labute approximate surface area is 162 Å². The molecule has 26 heavy (non-hydrogen) atoms. The fourth-order valence-electron chi connectivity index (χ4n) is 3.72. The molecule has 2 aliphatic heterocycles. The van der Waals surface area contributed by atoms with Crippen LogP contribution in [0.3, 0.4) is 0 Å². The lowest BCUT2D eigenvalue weighted by Crippen LogP contribution is -2.58. The number of urea groups is 1. The number of amides is 2. The molecule has 0 radical (unpaired) electrons. The van der Waals surface area contributed by atoms with Gasteiger partial charge in [-0.05, 0) is 36.7 Å². The predicted molar refractivity (Wildman–Crippen MR) is 104 cm³/mol. The number of carbonyl (C=O) groups is 1. The molecule has 140 valence electrons. The van der Waals surface area contributed by atoms with Crippen molar-refractivity contribution in [2.24, 2.45) is 0 Å². The van der Waals surface area contributed by atoms with Gasteiger partial charge in [-0.25, -0.2) is 4.79 Å². The number of carbonyl (C=O) groups excluding carboxylic acids is 1. The minimum absolute atomic E-state index is 0.0853. The number of morpholine rings is 2. The van der Waals surface area contributed by atoms with Gasteiger partial charge in [-0.15, -0.1) is 22.7 Å². The maximum absolute atomic E-state index is 13.2. The standard InChI is InChI=1S/C19H24N2O3S2/c1-18(15-5-3-11-25-15)13-20(7-9-23-18)17(22)21-8-10-24-19(2,14-21)16-6-4-12-26-16/h3-6,11-12H,7-10,13-14H2,1-2H3. The lowest BCUT2D eigenvalue weighted by atomic mass is 10.0. The van der Waals surface area contributed by atoms with Gasteiger partial charge in [0, 0.05) is 22.8 Å². The van der Waals surface area contributed by atoms with Crippen molar-refractivity contribution < 1.29 is 14.3 Å². The molecule has 0 aromatic carbocycles. The van der Waals surface area contributed by atoms with Crippen LogP contribution in [0.25, 0.3) is 0 Å². The zero-order valence-corrected chi connectivity index (χ0v) is 16.8. The fourth-order valence-corrected chi connectivity index (χ4v) is 5.39. The predicted octanol–water partition coefficient (Wildman–Crippen LogP) is 3.72. The van der Waals surface area contributed by atoms with Crippen LogP contribution >= 0.6 is 22.7 Å². The van der Waals surface area contributed by atoms with E-state index in [0.29, 0.717) is 39.4 Å². The number of hydrogen-bond donors (Lipinski definition) is 0. The van der Waals surface area contributed by atoms with E-state index < -0.39 is 11.2 Å². The number of nitrogens with zero attached hydrogens (tertiary/aromatic N) is 2. The highest BCUT2D eigenvalue weighted by Gasteiger charge is 2.41. The molecular formula is C19H24N2O3S2. The zero-order valence-electron chi connectivity index (χ0n) is 15.1. The molecule has 4 rings (SSSR count). The third-order valence-electron chi connectivity index (χ3n) is 5.17.